The maximum Gasteiger partial charge on any atom is 0.242 e. The van der Waals surface area contributed by atoms with Crippen LogP contribution in [0.1, 0.15) is 24.2 Å². The fraction of sp³-hybridized carbons (Fsp3) is 0.500. The molecule has 164 valence electrons. The Labute approximate surface area is 178 Å². The zero-order chi connectivity index (χ0) is 21.7. The minimum Gasteiger partial charge on any atom is -0.370 e. The molecule has 2 heterocycles. The first-order valence-electron chi connectivity index (χ1n) is 9.96. The number of hydrogen-bond donors (Lipinski definition) is 1. The van der Waals surface area contributed by atoms with Crippen molar-refractivity contribution in [3.05, 3.63) is 47.8 Å². The Balaban J connectivity index is 1.71. The van der Waals surface area contributed by atoms with Crippen molar-refractivity contribution in [1.29, 1.82) is 0 Å². The lowest BCUT2D eigenvalue weighted by atomic mass is 10.1. The van der Waals surface area contributed by atoms with Crippen molar-refractivity contribution in [3.63, 3.8) is 0 Å². The van der Waals surface area contributed by atoms with E-state index in [1.165, 1.54) is 18.4 Å². The Hall–Kier alpha value is -2.43. The maximum absolute atomic E-state index is 12.2. The van der Waals surface area contributed by atoms with Crippen LogP contribution in [0.15, 0.2) is 46.5 Å². The van der Waals surface area contributed by atoms with Gasteiger partial charge in [-0.05, 0) is 24.6 Å². The molecule has 1 fully saturated rings. The number of guanidine groups is 1. The summed E-state index contributed by atoms with van der Waals surface area (Å²) in [4.78, 5) is 7.23. The van der Waals surface area contributed by atoms with Gasteiger partial charge in [0.25, 0.3) is 0 Å². The summed E-state index contributed by atoms with van der Waals surface area (Å²) in [6.45, 7) is 5.31. The molecule has 3 rings (SSSR count). The van der Waals surface area contributed by atoms with Crippen LogP contribution in [0.25, 0.3) is 0 Å². The van der Waals surface area contributed by atoms with Crippen LogP contribution in [0.5, 0.6) is 0 Å². The highest BCUT2D eigenvalue weighted by Crippen LogP contribution is 2.22. The van der Waals surface area contributed by atoms with Crippen LogP contribution < -0.4 is 5.32 Å². The predicted molar refractivity (Wildman–Crippen MR) is 116 cm³/mol. The molecule has 10 heteroatoms. The quantitative estimate of drug-likeness (QED) is 0.543. The Morgan fingerprint density at radius 2 is 2.07 bits per heavy atom. The molecule has 1 N–H and O–H groups in total. The van der Waals surface area contributed by atoms with Gasteiger partial charge in [-0.2, -0.15) is 5.10 Å². The highest BCUT2D eigenvalue weighted by atomic mass is 32.2. The van der Waals surface area contributed by atoms with Gasteiger partial charge in [-0.3, -0.25) is 4.68 Å². The molecule has 0 saturated carbocycles. The number of benzene rings is 1. The fourth-order valence-electron chi connectivity index (χ4n) is 3.22. The van der Waals surface area contributed by atoms with Crippen molar-refractivity contribution in [2.75, 3.05) is 40.3 Å². The highest BCUT2D eigenvalue weighted by molar-refractivity contribution is 7.89. The number of sulfonamides is 1. The first kappa shape index (κ1) is 22.3. The number of aryl methyl sites for hydroxylation is 1. The van der Waals surface area contributed by atoms with Gasteiger partial charge in [0.05, 0.1) is 30.8 Å². The second-order valence-electron chi connectivity index (χ2n) is 7.35. The second-order valence-corrected chi connectivity index (χ2v) is 9.51. The van der Waals surface area contributed by atoms with Crippen molar-refractivity contribution in [2.45, 2.75) is 24.5 Å². The van der Waals surface area contributed by atoms with Crippen LogP contribution in [0.3, 0.4) is 0 Å². The lowest BCUT2D eigenvalue weighted by Crippen LogP contribution is -2.48. The van der Waals surface area contributed by atoms with Crippen molar-refractivity contribution in [1.82, 2.24) is 24.3 Å². The summed E-state index contributed by atoms with van der Waals surface area (Å²) in [7, 11) is 1.52. The summed E-state index contributed by atoms with van der Waals surface area (Å²) in [5.74, 6) is 0.819. The van der Waals surface area contributed by atoms with Crippen LogP contribution in [0, 0.1) is 0 Å². The third-order valence-corrected chi connectivity index (χ3v) is 6.74. The van der Waals surface area contributed by atoms with Crippen molar-refractivity contribution in [3.8, 4) is 0 Å². The minimum atomic E-state index is -3.43. The number of morpholine rings is 1. The molecule has 1 aromatic heterocycles. The minimum absolute atomic E-state index is 0.0492. The van der Waals surface area contributed by atoms with Gasteiger partial charge in [0.1, 0.15) is 6.10 Å². The van der Waals surface area contributed by atoms with Gasteiger partial charge >= 0.3 is 0 Å². The predicted octanol–water partition coefficient (Wildman–Crippen LogP) is 1.21. The lowest BCUT2D eigenvalue weighted by Gasteiger charge is -2.34. The zero-order valence-corrected chi connectivity index (χ0v) is 18.8. The second kappa shape index (κ2) is 9.59. The third kappa shape index (κ3) is 5.18. The summed E-state index contributed by atoms with van der Waals surface area (Å²) >= 11 is 0. The number of nitrogens with one attached hydrogen (secondary N) is 1. The zero-order valence-electron chi connectivity index (χ0n) is 17.9. The first-order valence-corrected chi connectivity index (χ1v) is 11.4. The van der Waals surface area contributed by atoms with Gasteiger partial charge in [-0.1, -0.05) is 12.1 Å². The summed E-state index contributed by atoms with van der Waals surface area (Å²) in [6, 6.07) is 6.86. The molecule has 2 aromatic rings. The van der Waals surface area contributed by atoms with E-state index < -0.39 is 10.0 Å². The van der Waals surface area contributed by atoms with E-state index in [0.717, 1.165) is 30.2 Å². The SMILES string of the molecule is CCNC(=NCc1ccc(S(=O)(=O)N(C)C)cc1)N1CCOC(c2cnn(C)c2)C1. The number of hydrogen-bond acceptors (Lipinski definition) is 5. The van der Waals surface area contributed by atoms with Gasteiger partial charge in [-0.25, -0.2) is 17.7 Å². The highest BCUT2D eigenvalue weighted by Gasteiger charge is 2.25. The van der Waals surface area contributed by atoms with E-state index in [-0.39, 0.29) is 11.0 Å². The number of aliphatic imine (C=N–C) groups is 1. The number of ether oxygens (including phenoxy) is 1. The van der Waals surface area contributed by atoms with E-state index in [4.69, 9.17) is 9.73 Å². The standard InChI is InChI=1S/C20H30N6O3S/c1-5-21-20(26-10-11-29-19(15-26)17-13-23-25(4)14-17)22-12-16-6-8-18(9-7-16)30(27,28)24(2)3/h6-9,13-14,19H,5,10-12,15H2,1-4H3,(H,21,22). The molecule has 30 heavy (non-hydrogen) atoms. The third-order valence-electron chi connectivity index (χ3n) is 4.91. The monoisotopic (exact) mass is 434 g/mol. The Morgan fingerprint density at radius 3 is 2.67 bits per heavy atom. The molecule has 0 bridgehead atoms. The smallest absolute Gasteiger partial charge is 0.242 e. The topological polar surface area (TPSA) is 92.1 Å². The van der Waals surface area contributed by atoms with Crippen molar-refractivity contribution in [2.24, 2.45) is 12.0 Å². The summed E-state index contributed by atoms with van der Waals surface area (Å²) in [5, 5.41) is 7.58. The fourth-order valence-corrected chi connectivity index (χ4v) is 4.12. The van der Waals surface area contributed by atoms with Gasteiger partial charge in [0.15, 0.2) is 5.96 Å². The summed E-state index contributed by atoms with van der Waals surface area (Å²) in [5.41, 5.74) is 2.00. The average molecular weight is 435 g/mol. The summed E-state index contributed by atoms with van der Waals surface area (Å²) in [6.07, 6.45) is 3.76. The van der Waals surface area contributed by atoms with Crippen LogP contribution in [-0.4, -0.2) is 73.7 Å². The number of rotatable bonds is 6. The van der Waals surface area contributed by atoms with Crippen LogP contribution in [0.2, 0.25) is 0 Å². The normalized spacial score (nSPS) is 18.1. The summed E-state index contributed by atoms with van der Waals surface area (Å²) < 4.78 is 33.3. The van der Waals surface area contributed by atoms with Gasteiger partial charge in [0, 0.05) is 46.0 Å². The van der Waals surface area contributed by atoms with E-state index in [0.29, 0.717) is 19.7 Å². The van der Waals surface area contributed by atoms with Crippen molar-refractivity contribution >= 4 is 16.0 Å². The van der Waals surface area contributed by atoms with Crippen LogP contribution >= 0.6 is 0 Å². The van der Waals surface area contributed by atoms with Crippen LogP contribution in [0.4, 0.5) is 0 Å². The van der Waals surface area contributed by atoms with E-state index in [9.17, 15) is 8.42 Å². The molecule has 0 spiro atoms. The molecule has 0 amide bonds. The lowest BCUT2D eigenvalue weighted by molar-refractivity contribution is -0.00805. The van der Waals surface area contributed by atoms with Crippen LogP contribution in [-0.2, 0) is 28.4 Å². The Morgan fingerprint density at radius 1 is 1.33 bits per heavy atom. The molecule has 1 unspecified atom stereocenters. The Bertz CT molecular complexity index is 969. The number of aromatic nitrogens is 2. The molecular formula is C20H30N6O3S. The van der Waals surface area contributed by atoms with E-state index in [1.807, 2.05) is 26.4 Å². The average Bonchev–Trinajstić information content (AvgIpc) is 3.18. The molecule has 0 aliphatic carbocycles. The molecule has 1 aliphatic heterocycles. The molecule has 1 aromatic carbocycles. The van der Waals surface area contributed by atoms with Gasteiger partial charge in [-0.15, -0.1) is 0 Å². The number of nitrogens with zero attached hydrogens (tertiary/aromatic N) is 5. The molecule has 9 nitrogen and oxygen atoms in total. The molecule has 0 radical (unpaired) electrons. The maximum atomic E-state index is 12.2. The molecular weight excluding hydrogens is 404 g/mol. The van der Waals surface area contributed by atoms with E-state index in [1.54, 1.807) is 28.9 Å². The molecule has 1 saturated heterocycles. The Kier molecular flexibility index (Phi) is 7.11. The first-order chi connectivity index (χ1) is 14.3. The van der Waals surface area contributed by atoms with E-state index in [2.05, 4.69) is 15.3 Å². The van der Waals surface area contributed by atoms with Gasteiger partial charge < -0.3 is 15.0 Å². The van der Waals surface area contributed by atoms with E-state index >= 15 is 0 Å². The van der Waals surface area contributed by atoms with Crippen molar-refractivity contribution < 1.29 is 13.2 Å². The molecule has 1 aliphatic rings. The van der Waals surface area contributed by atoms with Gasteiger partial charge in [0.2, 0.25) is 10.0 Å². The largest absolute Gasteiger partial charge is 0.370 e. The molecule has 1 atom stereocenters.